The van der Waals surface area contributed by atoms with Crippen molar-refractivity contribution >= 4 is 33.4 Å². The molecule has 18 heavy (non-hydrogen) atoms. The number of hydrogen-bond donors (Lipinski definition) is 1. The second kappa shape index (κ2) is 5.85. The third kappa shape index (κ3) is 3.22. The summed E-state index contributed by atoms with van der Waals surface area (Å²) >= 11 is 5.61. The predicted octanol–water partition coefficient (Wildman–Crippen LogP) is 3.80. The van der Waals surface area contributed by atoms with Gasteiger partial charge in [0, 0.05) is 39.8 Å². The Labute approximate surface area is 122 Å². The molecule has 1 heterocycles. The number of nitrogens with two attached hydrogens (primary N) is 1. The SMILES string of the molecule is CC1CN(c2ccc(Br)cc2C(C)N)CC(C)S1. The quantitative estimate of drug-likeness (QED) is 0.895. The van der Waals surface area contributed by atoms with Crippen molar-refractivity contribution in [1.82, 2.24) is 0 Å². The molecule has 1 aromatic carbocycles. The van der Waals surface area contributed by atoms with Gasteiger partial charge in [-0.1, -0.05) is 29.8 Å². The Kier molecular flexibility index (Phi) is 4.62. The highest BCUT2D eigenvalue weighted by Gasteiger charge is 2.24. The molecule has 0 saturated carbocycles. The molecule has 4 heteroatoms. The van der Waals surface area contributed by atoms with Gasteiger partial charge in [0.15, 0.2) is 0 Å². The first-order chi connectivity index (χ1) is 8.47. The number of nitrogens with zero attached hydrogens (tertiary/aromatic N) is 1. The largest absolute Gasteiger partial charge is 0.369 e. The van der Waals surface area contributed by atoms with Gasteiger partial charge in [-0.2, -0.15) is 11.8 Å². The number of thioether (sulfide) groups is 1. The zero-order valence-corrected chi connectivity index (χ0v) is 13.6. The minimum absolute atomic E-state index is 0.0673. The van der Waals surface area contributed by atoms with Gasteiger partial charge in [-0.3, -0.25) is 0 Å². The average molecular weight is 329 g/mol. The highest BCUT2D eigenvalue weighted by molar-refractivity contribution is 9.10. The van der Waals surface area contributed by atoms with Crippen LogP contribution in [0.2, 0.25) is 0 Å². The average Bonchev–Trinajstić information content (AvgIpc) is 2.27. The first kappa shape index (κ1) is 14.2. The Morgan fingerprint density at radius 2 is 1.94 bits per heavy atom. The van der Waals surface area contributed by atoms with Crippen LogP contribution < -0.4 is 10.6 Å². The number of rotatable bonds is 2. The zero-order chi connectivity index (χ0) is 13.3. The summed E-state index contributed by atoms with van der Waals surface area (Å²) < 4.78 is 1.10. The summed E-state index contributed by atoms with van der Waals surface area (Å²) in [6, 6.07) is 6.52. The molecule has 2 N–H and O–H groups in total. The lowest BCUT2D eigenvalue weighted by atomic mass is 10.1. The van der Waals surface area contributed by atoms with E-state index in [1.165, 1.54) is 11.3 Å². The van der Waals surface area contributed by atoms with Gasteiger partial charge in [0.05, 0.1) is 0 Å². The maximum absolute atomic E-state index is 6.11. The number of benzene rings is 1. The van der Waals surface area contributed by atoms with Crippen molar-refractivity contribution in [2.45, 2.75) is 37.3 Å². The summed E-state index contributed by atoms with van der Waals surface area (Å²) in [4.78, 5) is 2.48. The van der Waals surface area contributed by atoms with Crippen LogP contribution in [-0.2, 0) is 0 Å². The Morgan fingerprint density at radius 1 is 1.33 bits per heavy atom. The maximum Gasteiger partial charge on any atom is 0.0416 e. The molecule has 0 bridgehead atoms. The molecule has 2 rings (SSSR count). The van der Waals surface area contributed by atoms with Gasteiger partial charge in [0.2, 0.25) is 0 Å². The van der Waals surface area contributed by atoms with E-state index in [0.29, 0.717) is 10.5 Å². The van der Waals surface area contributed by atoms with Crippen molar-refractivity contribution in [2.75, 3.05) is 18.0 Å². The van der Waals surface area contributed by atoms with E-state index in [9.17, 15) is 0 Å². The van der Waals surface area contributed by atoms with Crippen LogP contribution in [0.4, 0.5) is 5.69 Å². The van der Waals surface area contributed by atoms with Crippen molar-refractivity contribution in [3.05, 3.63) is 28.2 Å². The lowest BCUT2D eigenvalue weighted by Gasteiger charge is -2.37. The molecule has 1 aliphatic rings. The molecule has 100 valence electrons. The molecule has 1 fully saturated rings. The maximum atomic E-state index is 6.11. The van der Waals surface area contributed by atoms with Gasteiger partial charge in [0.1, 0.15) is 0 Å². The highest BCUT2D eigenvalue weighted by atomic mass is 79.9. The third-order valence-corrected chi connectivity index (χ3v) is 4.96. The molecule has 1 saturated heterocycles. The van der Waals surface area contributed by atoms with Crippen LogP contribution in [0.15, 0.2) is 22.7 Å². The normalized spacial score (nSPS) is 26.2. The molecule has 1 aromatic rings. The monoisotopic (exact) mass is 328 g/mol. The van der Waals surface area contributed by atoms with E-state index in [1.807, 2.05) is 0 Å². The fraction of sp³-hybridized carbons (Fsp3) is 0.571. The molecule has 1 aliphatic heterocycles. The third-order valence-electron chi connectivity index (χ3n) is 3.24. The van der Waals surface area contributed by atoms with Crippen molar-refractivity contribution < 1.29 is 0 Å². The van der Waals surface area contributed by atoms with Crippen LogP contribution in [0, 0.1) is 0 Å². The van der Waals surface area contributed by atoms with Crippen LogP contribution in [-0.4, -0.2) is 23.6 Å². The lowest BCUT2D eigenvalue weighted by Crippen LogP contribution is -2.41. The molecule has 3 unspecified atom stereocenters. The molecule has 0 aromatic heterocycles. The fourth-order valence-corrected chi connectivity index (χ4v) is 4.26. The smallest absolute Gasteiger partial charge is 0.0416 e. The first-order valence-electron chi connectivity index (χ1n) is 6.43. The molecular weight excluding hydrogens is 308 g/mol. The molecule has 2 nitrogen and oxygen atoms in total. The Hall–Kier alpha value is -0.190. The van der Waals surface area contributed by atoms with Gasteiger partial charge in [-0.05, 0) is 30.7 Å². The Balaban J connectivity index is 2.32. The molecule has 3 atom stereocenters. The van der Waals surface area contributed by atoms with E-state index < -0.39 is 0 Å². The summed E-state index contributed by atoms with van der Waals surface area (Å²) in [7, 11) is 0. The number of halogens is 1. The summed E-state index contributed by atoms with van der Waals surface area (Å²) in [5, 5.41) is 1.36. The van der Waals surface area contributed by atoms with Gasteiger partial charge in [-0.15, -0.1) is 0 Å². The van der Waals surface area contributed by atoms with Crippen LogP contribution >= 0.6 is 27.7 Å². The molecular formula is C14H21BrN2S. The van der Waals surface area contributed by atoms with Crippen LogP contribution in [0.5, 0.6) is 0 Å². The second-order valence-corrected chi connectivity index (χ2v) is 7.95. The van der Waals surface area contributed by atoms with Crippen molar-refractivity contribution in [2.24, 2.45) is 5.73 Å². The van der Waals surface area contributed by atoms with E-state index >= 15 is 0 Å². The van der Waals surface area contributed by atoms with E-state index in [1.54, 1.807) is 0 Å². The molecule has 0 aliphatic carbocycles. The summed E-state index contributed by atoms with van der Waals surface area (Å²) in [5.74, 6) is 0. The minimum Gasteiger partial charge on any atom is -0.369 e. The number of anilines is 1. The summed E-state index contributed by atoms with van der Waals surface area (Å²) in [5.41, 5.74) is 8.64. The summed E-state index contributed by atoms with van der Waals surface area (Å²) in [6.45, 7) is 8.87. The van der Waals surface area contributed by atoms with E-state index in [-0.39, 0.29) is 6.04 Å². The van der Waals surface area contributed by atoms with E-state index in [4.69, 9.17) is 5.73 Å². The Bertz CT molecular complexity index is 412. The van der Waals surface area contributed by atoms with Gasteiger partial charge in [0.25, 0.3) is 0 Å². The lowest BCUT2D eigenvalue weighted by molar-refractivity contribution is 0.714. The predicted molar refractivity (Wildman–Crippen MR) is 85.5 cm³/mol. The first-order valence-corrected chi connectivity index (χ1v) is 8.16. The van der Waals surface area contributed by atoms with Gasteiger partial charge in [-0.25, -0.2) is 0 Å². The molecule has 0 amide bonds. The minimum atomic E-state index is 0.0673. The van der Waals surface area contributed by atoms with Gasteiger partial charge < -0.3 is 10.6 Å². The topological polar surface area (TPSA) is 29.3 Å². The summed E-state index contributed by atoms with van der Waals surface area (Å²) in [6.07, 6.45) is 0. The standard InChI is InChI=1S/C14H21BrN2S/c1-9-7-17(8-10(2)18-9)14-5-4-12(15)6-13(14)11(3)16/h4-6,9-11H,7-8,16H2,1-3H3. The fourth-order valence-electron chi connectivity index (χ4n) is 2.55. The molecule has 0 radical (unpaired) electrons. The van der Waals surface area contributed by atoms with Gasteiger partial charge >= 0.3 is 0 Å². The Morgan fingerprint density at radius 3 is 2.50 bits per heavy atom. The highest BCUT2D eigenvalue weighted by Crippen LogP contribution is 2.33. The zero-order valence-electron chi connectivity index (χ0n) is 11.2. The number of hydrogen-bond acceptors (Lipinski definition) is 3. The molecule has 0 spiro atoms. The van der Waals surface area contributed by atoms with Crippen LogP contribution in [0.25, 0.3) is 0 Å². The van der Waals surface area contributed by atoms with Crippen LogP contribution in [0.1, 0.15) is 32.4 Å². The van der Waals surface area contributed by atoms with E-state index in [2.05, 4.69) is 71.6 Å². The van der Waals surface area contributed by atoms with E-state index in [0.717, 1.165) is 17.6 Å². The van der Waals surface area contributed by atoms with Crippen molar-refractivity contribution in [3.63, 3.8) is 0 Å². The second-order valence-electron chi connectivity index (χ2n) is 5.15. The van der Waals surface area contributed by atoms with Crippen LogP contribution in [0.3, 0.4) is 0 Å². The van der Waals surface area contributed by atoms with Crippen molar-refractivity contribution in [1.29, 1.82) is 0 Å². The van der Waals surface area contributed by atoms with Crippen molar-refractivity contribution in [3.8, 4) is 0 Å².